The van der Waals surface area contributed by atoms with Crippen molar-refractivity contribution in [3.63, 3.8) is 0 Å². The van der Waals surface area contributed by atoms with E-state index in [0.717, 1.165) is 0 Å². The molecule has 0 radical (unpaired) electrons. The molecule has 7 heteroatoms. The second-order valence-corrected chi connectivity index (χ2v) is 7.84. The summed E-state index contributed by atoms with van der Waals surface area (Å²) in [4.78, 5) is 13.7. The average Bonchev–Trinajstić information content (AvgIpc) is 2.45. The van der Waals surface area contributed by atoms with E-state index in [-0.39, 0.29) is 30.0 Å². The van der Waals surface area contributed by atoms with Crippen molar-refractivity contribution in [2.24, 2.45) is 5.92 Å². The highest BCUT2D eigenvalue weighted by atomic mass is 32.2. The van der Waals surface area contributed by atoms with E-state index in [1.807, 2.05) is 0 Å². The Hall–Kier alpha value is -1.63. The van der Waals surface area contributed by atoms with Gasteiger partial charge in [-0.25, -0.2) is 12.8 Å². The predicted octanol–water partition coefficient (Wildman–Crippen LogP) is 1.49. The van der Waals surface area contributed by atoms with Crippen molar-refractivity contribution in [1.29, 1.82) is 0 Å². The van der Waals surface area contributed by atoms with Crippen molar-refractivity contribution >= 4 is 15.7 Å². The number of amides is 1. The average molecular weight is 329 g/mol. The number of ether oxygens (including phenoxy) is 1. The summed E-state index contributed by atoms with van der Waals surface area (Å²) in [6.07, 6.45) is 2.62. The molecular formula is C15H20FNO4S. The molecule has 1 aromatic carbocycles. The van der Waals surface area contributed by atoms with Crippen LogP contribution in [0.25, 0.3) is 0 Å². The standard InChI is InChI=1S/C15H20FNO4S/c1-22(19,20)11-12-6-8-17(9-7-12)15(18)10-21-14-4-2-13(16)3-5-14/h2-5,12H,6-11H2,1H3. The van der Waals surface area contributed by atoms with Gasteiger partial charge in [0.1, 0.15) is 21.4 Å². The number of sulfone groups is 1. The van der Waals surface area contributed by atoms with Crippen LogP contribution in [0.2, 0.25) is 0 Å². The van der Waals surface area contributed by atoms with E-state index in [1.165, 1.54) is 30.5 Å². The lowest BCUT2D eigenvalue weighted by Crippen LogP contribution is -2.42. The van der Waals surface area contributed by atoms with Crippen molar-refractivity contribution in [3.05, 3.63) is 30.1 Å². The smallest absolute Gasteiger partial charge is 0.260 e. The summed E-state index contributed by atoms with van der Waals surface area (Å²) in [5.41, 5.74) is 0. The first-order chi connectivity index (χ1) is 10.3. The molecule has 0 aromatic heterocycles. The largest absolute Gasteiger partial charge is 0.484 e. The third-order valence-electron chi connectivity index (χ3n) is 3.68. The molecule has 5 nitrogen and oxygen atoms in total. The molecule has 1 heterocycles. The molecule has 0 spiro atoms. The Morgan fingerprint density at radius 1 is 1.27 bits per heavy atom. The minimum Gasteiger partial charge on any atom is -0.484 e. The molecule has 122 valence electrons. The number of hydrogen-bond donors (Lipinski definition) is 0. The predicted molar refractivity (Wildman–Crippen MR) is 80.9 cm³/mol. The van der Waals surface area contributed by atoms with Crippen molar-refractivity contribution < 1.29 is 22.3 Å². The molecule has 0 atom stereocenters. The maximum Gasteiger partial charge on any atom is 0.260 e. The Labute approximate surface area is 130 Å². The van der Waals surface area contributed by atoms with Crippen LogP contribution in [0, 0.1) is 11.7 Å². The molecule has 1 saturated heterocycles. The summed E-state index contributed by atoms with van der Waals surface area (Å²) < 4.78 is 40.6. The van der Waals surface area contributed by atoms with E-state index >= 15 is 0 Å². The normalized spacial score (nSPS) is 16.5. The molecule has 1 amide bonds. The number of nitrogens with zero attached hydrogens (tertiary/aromatic N) is 1. The second-order valence-electron chi connectivity index (χ2n) is 5.66. The zero-order chi connectivity index (χ0) is 16.2. The topological polar surface area (TPSA) is 63.7 Å². The number of piperidine rings is 1. The number of carbonyl (C=O) groups excluding carboxylic acids is 1. The Balaban J connectivity index is 1.76. The fourth-order valence-corrected chi connectivity index (χ4v) is 3.73. The number of rotatable bonds is 5. The lowest BCUT2D eigenvalue weighted by molar-refractivity contribution is -0.134. The van der Waals surface area contributed by atoms with Crippen molar-refractivity contribution in [3.8, 4) is 5.75 Å². The van der Waals surface area contributed by atoms with Crippen molar-refractivity contribution in [1.82, 2.24) is 4.90 Å². The molecule has 0 bridgehead atoms. The van der Waals surface area contributed by atoms with Crippen molar-refractivity contribution in [2.75, 3.05) is 31.7 Å². The summed E-state index contributed by atoms with van der Waals surface area (Å²) >= 11 is 0. The molecule has 1 aliphatic rings. The summed E-state index contributed by atoms with van der Waals surface area (Å²) in [6.45, 7) is 1.000. The minimum atomic E-state index is -2.97. The van der Waals surface area contributed by atoms with Gasteiger partial charge in [-0.05, 0) is 43.0 Å². The van der Waals surface area contributed by atoms with E-state index in [1.54, 1.807) is 4.90 Å². The Kier molecular flexibility index (Phi) is 5.39. The summed E-state index contributed by atoms with van der Waals surface area (Å²) in [7, 11) is -2.97. The van der Waals surface area contributed by atoms with Crippen LogP contribution in [0.15, 0.2) is 24.3 Å². The van der Waals surface area contributed by atoms with E-state index < -0.39 is 9.84 Å². The van der Waals surface area contributed by atoms with Crippen molar-refractivity contribution in [2.45, 2.75) is 12.8 Å². The van der Waals surface area contributed by atoms with Gasteiger partial charge < -0.3 is 9.64 Å². The van der Waals surface area contributed by atoms with Gasteiger partial charge in [0, 0.05) is 19.3 Å². The fraction of sp³-hybridized carbons (Fsp3) is 0.533. The molecule has 1 aromatic rings. The quantitative estimate of drug-likeness (QED) is 0.821. The van der Waals surface area contributed by atoms with E-state index in [2.05, 4.69) is 0 Å². The maximum atomic E-state index is 12.8. The Morgan fingerprint density at radius 3 is 2.41 bits per heavy atom. The van der Waals surface area contributed by atoms with Gasteiger partial charge in [-0.3, -0.25) is 4.79 Å². The van der Waals surface area contributed by atoms with E-state index in [9.17, 15) is 17.6 Å². The third kappa shape index (κ3) is 5.29. The van der Waals surface area contributed by atoms with E-state index in [4.69, 9.17) is 4.74 Å². The number of carbonyl (C=O) groups is 1. The van der Waals surface area contributed by atoms with Crippen LogP contribution in [0.3, 0.4) is 0 Å². The van der Waals surface area contributed by atoms with Crippen LogP contribution in [-0.2, 0) is 14.6 Å². The van der Waals surface area contributed by atoms with Gasteiger partial charge in [0.2, 0.25) is 0 Å². The van der Waals surface area contributed by atoms with Crippen LogP contribution < -0.4 is 4.74 Å². The lowest BCUT2D eigenvalue weighted by atomic mass is 9.99. The van der Waals surface area contributed by atoms with Gasteiger partial charge in [-0.15, -0.1) is 0 Å². The van der Waals surface area contributed by atoms with Crippen LogP contribution in [0.1, 0.15) is 12.8 Å². The monoisotopic (exact) mass is 329 g/mol. The molecule has 22 heavy (non-hydrogen) atoms. The van der Waals surface area contributed by atoms with Crippen LogP contribution in [0.4, 0.5) is 4.39 Å². The minimum absolute atomic E-state index is 0.0949. The zero-order valence-electron chi connectivity index (χ0n) is 12.5. The maximum absolute atomic E-state index is 12.8. The molecule has 0 saturated carbocycles. The Bertz CT molecular complexity index is 607. The van der Waals surface area contributed by atoms with Gasteiger partial charge in [0.05, 0.1) is 5.75 Å². The molecule has 0 unspecified atom stereocenters. The van der Waals surface area contributed by atoms with Gasteiger partial charge in [0.15, 0.2) is 6.61 Å². The molecule has 0 aliphatic carbocycles. The first-order valence-corrected chi connectivity index (χ1v) is 9.23. The number of hydrogen-bond acceptors (Lipinski definition) is 4. The number of benzene rings is 1. The fourth-order valence-electron chi connectivity index (χ4n) is 2.54. The molecule has 1 fully saturated rings. The first kappa shape index (κ1) is 16.7. The summed E-state index contributed by atoms with van der Waals surface area (Å²) in [6, 6.07) is 5.49. The van der Waals surface area contributed by atoms with Crippen LogP contribution in [-0.4, -0.2) is 50.9 Å². The highest BCUT2D eigenvalue weighted by Crippen LogP contribution is 2.19. The van der Waals surface area contributed by atoms with Gasteiger partial charge in [-0.1, -0.05) is 0 Å². The first-order valence-electron chi connectivity index (χ1n) is 7.17. The highest BCUT2D eigenvalue weighted by Gasteiger charge is 2.25. The summed E-state index contributed by atoms with van der Waals surface area (Å²) in [5, 5.41) is 0. The van der Waals surface area contributed by atoms with Gasteiger partial charge >= 0.3 is 0 Å². The van der Waals surface area contributed by atoms with E-state index in [0.29, 0.717) is 31.7 Å². The van der Waals surface area contributed by atoms with Gasteiger partial charge in [-0.2, -0.15) is 0 Å². The molecule has 1 aliphatic heterocycles. The molecule has 2 rings (SSSR count). The third-order valence-corrected chi connectivity index (χ3v) is 4.76. The lowest BCUT2D eigenvalue weighted by Gasteiger charge is -2.31. The SMILES string of the molecule is CS(=O)(=O)CC1CCN(C(=O)COc2ccc(F)cc2)CC1. The summed E-state index contributed by atoms with van der Waals surface area (Å²) in [5.74, 6) is 0.258. The van der Waals surface area contributed by atoms with Crippen LogP contribution >= 0.6 is 0 Å². The number of likely N-dealkylation sites (tertiary alicyclic amines) is 1. The van der Waals surface area contributed by atoms with Gasteiger partial charge in [0.25, 0.3) is 5.91 Å². The zero-order valence-corrected chi connectivity index (χ0v) is 13.3. The molecule has 0 N–H and O–H groups in total. The number of halogens is 1. The highest BCUT2D eigenvalue weighted by molar-refractivity contribution is 7.90. The van der Waals surface area contributed by atoms with Crippen LogP contribution in [0.5, 0.6) is 5.75 Å². The Morgan fingerprint density at radius 2 is 1.86 bits per heavy atom. The molecular weight excluding hydrogens is 309 g/mol. The second kappa shape index (κ2) is 7.09.